The minimum Gasteiger partial charge on any atom is -0.476 e. The summed E-state index contributed by atoms with van der Waals surface area (Å²) in [6, 6.07) is -0.0614. The molecule has 8 heteroatoms. The number of aromatic nitrogens is 3. The first-order valence-electron chi connectivity index (χ1n) is 6.74. The van der Waals surface area contributed by atoms with Crippen molar-refractivity contribution in [2.45, 2.75) is 38.3 Å². The number of carboxylic acids is 1. The molecule has 1 amide bonds. The molecule has 2 unspecified atom stereocenters. The molecule has 2 rings (SSSR count). The zero-order chi connectivity index (χ0) is 14.5. The van der Waals surface area contributed by atoms with Crippen LogP contribution in [0.4, 0.5) is 0 Å². The molecule has 110 valence electrons. The Kier molecular flexibility index (Phi) is 4.67. The Bertz CT molecular complexity index is 487. The van der Waals surface area contributed by atoms with Crippen molar-refractivity contribution >= 4 is 11.9 Å². The van der Waals surface area contributed by atoms with E-state index in [9.17, 15) is 9.59 Å². The van der Waals surface area contributed by atoms with E-state index in [-0.39, 0.29) is 23.6 Å². The van der Waals surface area contributed by atoms with Crippen LogP contribution < -0.4 is 11.1 Å². The van der Waals surface area contributed by atoms with Gasteiger partial charge < -0.3 is 16.2 Å². The van der Waals surface area contributed by atoms with E-state index in [0.717, 1.165) is 25.7 Å². The number of amides is 1. The molecule has 4 N–H and O–H groups in total. The molecule has 1 aromatic rings. The third kappa shape index (κ3) is 3.53. The number of carbonyl (C=O) groups excluding carboxylic acids is 1. The molecule has 0 aromatic carbocycles. The summed E-state index contributed by atoms with van der Waals surface area (Å²) in [7, 11) is 0. The van der Waals surface area contributed by atoms with Crippen LogP contribution in [0.5, 0.6) is 0 Å². The van der Waals surface area contributed by atoms with E-state index in [0.29, 0.717) is 13.1 Å². The average molecular weight is 281 g/mol. The monoisotopic (exact) mass is 281 g/mol. The summed E-state index contributed by atoms with van der Waals surface area (Å²) in [4.78, 5) is 22.6. The van der Waals surface area contributed by atoms with Crippen LogP contribution in [0.25, 0.3) is 0 Å². The quantitative estimate of drug-likeness (QED) is 0.675. The van der Waals surface area contributed by atoms with Gasteiger partial charge in [0.1, 0.15) is 0 Å². The zero-order valence-corrected chi connectivity index (χ0v) is 11.2. The number of nitrogens with two attached hydrogens (primary N) is 1. The summed E-state index contributed by atoms with van der Waals surface area (Å²) in [6.45, 7) is 0.762. The molecule has 0 saturated heterocycles. The summed E-state index contributed by atoms with van der Waals surface area (Å²) in [5.41, 5.74) is 5.84. The van der Waals surface area contributed by atoms with Gasteiger partial charge in [0.25, 0.3) is 0 Å². The third-order valence-electron chi connectivity index (χ3n) is 3.55. The van der Waals surface area contributed by atoms with Crippen molar-refractivity contribution in [3.8, 4) is 0 Å². The van der Waals surface area contributed by atoms with Crippen molar-refractivity contribution in [3.63, 3.8) is 0 Å². The Labute approximate surface area is 116 Å². The third-order valence-corrected chi connectivity index (χ3v) is 3.55. The topological polar surface area (TPSA) is 123 Å². The molecule has 20 heavy (non-hydrogen) atoms. The fourth-order valence-corrected chi connectivity index (χ4v) is 2.42. The maximum atomic E-state index is 12.0. The highest BCUT2D eigenvalue weighted by Crippen LogP contribution is 2.22. The van der Waals surface area contributed by atoms with Crippen molar-refractivity contribution in [1.82, 2.24) is 20.3 Å². The number of rotatable bonds is 5. The van der Waals surface area contributed by atoms with Crippen LogP contribution in [-0.4, -0.2) is 44.6 Å². The Morgan fingerprint density at radius 2 is 2.20 bits per heavy atom. The maximum absolute atomic E-state index is 12.0. The van der Waals surface area contributed by atoms with Gasteiger partial charge in [-0.15, -0.1) is 5.10 Å². The Balaban J connectivity index is 1.77. The molecular weight excluding hydrogens is 262 g/mol. The van der Waals surface area contributed by atoms with Gasteiger partial charge in [-0.2, -0.15) is 0 Å². The second-order valence-corrected chi connectivity index (χ2v) is 5.02. The summed E-state index contributed by atoms with van der Waals surface area (Å²) < 4.78 is 1.39. The lowest BCUT2D eigenvalue weighted by Crippen LogP contribution is -2.44. The van der Waals surface area contributed by atoms with Gasteiger partial charge in [0.2, 0.25) is 5.91 Å². The highest BCUT2D eigenvalue weighted by molar-refractivity contribution is 5.84. The largest absolute Gasteiger partial charge is 0.476 e. The van der Waals surface area contributed by atoms with Crippen molar-refractivity contribution in [2.75, 3.05) is 6.54 Å². The van der Waals surface area contributed by atoms with E-state index in [1.54, 1.807) is 0 Å². The number of carboxylic acid groups (broad SMARTS) is 1. The van der Waals surface area contributed by atoms with Crippen LogP contribution in [0.3, 0.4) is 0 Å². The summed E-state index contributed by atoms with van der Waals surface area (Å²) >= 11 is 0. The van der Waals surface area contributed by atoms with Crippen molar-refractivity contribution in [3.05, 3.63) is 11.9 Å². The van der Waals surface area contributed by atoms with E-state index < -0.39 is 5.97 Å². The molecule has 1 aromatic heterocycles. The van der Waals surface area contributed by atoms with Crippen LogP contribution in [0.2, 0.25) is 0 Å². The molecular formula is C12H19N5O3. The molecule has 1 aliphatic rings. The van der Waals surface area contributed by atoms with Crippen LogP contribution >= 0.6 is 0 Å². The SMILES string of the molecule is NC1CCCCC1C(=O)NCCn1cc(C(=O)O)nn1. The van der Waals surface area contributed by atoms with Gasteiger partial charge in [-0.25, -0.2) is 9.48 Å². The van der Waals surface area contributed by atoms with Gasteiger partial charge in [0.15, 0.2) is 5.69 Å². The molecule has 1 saturated carbocycles. The molecule has 8 nitrogen and oxygen atoms in total. The van der Waals surface area contributed by atoms with E-state index in [1.807, 2.05) is 0 Å². The molecule has 1 fully saturated rings. The smallest absolute Gasteiger partial charge is 0.358 e. The number of hydrogen-bond acceptors (Lipinski definition) is 5. The number of carbonyl (C=O) groups is 2. The van der Waals surface area contributed by atoms with E-state index in [2.05, 4.69) is 15.6 Å². The van der Waals surface area contributed by atoms with E-state index >= 15 is 0 Å². The van der Waals surface area contributed by atoms with Gasteiger partial charge in [-0.1, -0.05) is 18.1 Å². The normalized spacial score (nSPS) is 22.4. The van der Waals surface area contributed by atoms with Gasteiger partial charge in [-0.05, 0) is 12.8 Å². The Morgan fingerprint density at radius 3 is 2.85 bits per heavy atom. The molecule has 1 aliphatic carbocycles. The minimum absolute atomic E-state index is 0.0317. The van der Waals surface area contributed by atoms with Gasteiger partial charge in [0.05, 0.1) is 18.7 Å². The first kappa shape index (κ1) is 14.4. The van der Waals surface area contributed by atoms with Gasteiger partial charge >= 0.3 is 5.97 Å². The van der Waals surface area contributed by atoms with Crippen LogP contribution in [0.1, 0.15) is 36.2 Å². The lowest BCUT2D eigenvalue weighted by atomic mass is 9.84. The summed E-state index contributed by atoms with van der Waals surface area (Å²) in [6.07, 6.45) is 5.18. The second-order valence-electron chi connectivity index (χ2n) is 5.02. The van der Waals surface area contributed by atoms with Crippen molar-refractivity contribution in [1.29, 1.82) is 0 Å². The molecule has 0 radical (unpaired) electrons. The summed E-state index contributed by atoms with van der Waals surface area (Å²) in [5.74, 6) is -1.27. The minimum atomic E-state index is -1.12. The molecule has 1 heterocycles. The highest BCUT2D eigenvalue weighted by Gasteiger charge is 2.27. The first-order chi connectivity index (χ1) is 9.58. The fourth-order valence-electron chi connectivity index (χ4n) is 2.42. The van der Waals surface area contributed by atoms with Crippen molar-refractivity contribution in [2.24, 2.45) is 11.7 Å². The number of nitrogens with one attached hydrogen (secondary N) is 1. The van der Waals surface area contributed by atoms with Crippen molar-refractivity contribution < 1.29 is 14.7 Å². The van der Waals surface area contributed by atoms with E-state index in [1.165, 1.54) is 10.9 Å². The van der Waals surface area contributed by atoms with Gasteiger partial charge in [0, 0.05) is 12.6 Å². The molecule has 2 atom stereocenters. The van der Waals surface area contributed by atoms with E-state index in [4.69, 9.17) is 10.8 Å². The first-order valence-corrected chi connectivity index (χ1v) is 6.74. The molecule has 0 spiro atoms. The van der Waals surface area contributed by atoms with Crippen LogP contribution in [0, 0.1) is 5.92 Å². The maximum Gasteiger partial charge on any atom is 0.358 e. The molecule has 0 aliphatic heterocycles. The lowest BCUT2D eigenvalue weighted by molar-refractivity contribution is -0.126. The predicted octanol–water partition coefficient (Wildman–Crippen LogP) is -0.390. The average Bonchev–Trinajstić information content (AvgIpc) is 2.88. The number of hydrogen-bond donors (Lipinski definition) is 3. The molecule has 0 bridgehead atoms. The van der Waals surface area contributed by atoms with Crippen LogP contribution in [0.15, 0.2) is 6.20 Å². The highest BCUT2D eigenvalue weighted by atomic mass is 16.4. The fraction of sp³-hybridized carbons (Fsp3) is 0.667. The predicted molar refractivity (Wildman–Crippen MR) is 69.9 cm³/mol. The van der Waals surface area contributed by atoms with Gasteiger partial charge in [-0.3, -0.25) is 4.79 Å². The zero-order valence-electron chi connectivity index (χ0n) is 11.2. The Hall–Kier alpha value is -1.96. The summed E-state index contributed by atoms with van der Waals surface area (Å²) in [5, 5.41) is 18.7. The van der Waals surface area contributed by atoms with Crippen LogP contribution in [-0.2, 0) is 11.3 Å². The standard InChI is InChI=1S/C12H19N5O3/c13-9-4-2-1-3-8(9)11(18)14-5-6-17-7-10(12(19)20)15-16-17/h7-9H,1-6,13H2,(H,14,18)(H,19,20). The second kappa shape index (κ2) is 6.47. The Morgan fingerprint density at radius 1 is 1.45 bits per heavy atom. The lowest BCUT2D eigenvalue weighted by Gasteiger charge is -2.27. The number of aromatic carboxylic acids is 1. The number of nitrogens with zero attached hydrogens (tertiary/aromatic N) is 3.